The van der Waals surface area contributed by atoms with E-state index in [9.17, 15) is 0 Å². The maximum Gasteiger partial charge on any atom is 0.0972 e. The molecule has 0 amide bonds. The number of benzene rings is 7. The highest BCUT2D eigenvalue weighted by atomic mass is 32.1. The minimum Gasteiger partial charge on any atom is -0.254 e. The van der Waals surface area contributed by atoms with Crippen LogP contribution in [-0.2, 0) is 10.8 Å². The van der Waals surface area contributed by atoms with Crippen LogP contribution < -0.4 is 0 Å². The Balaban J connectivity index is 1.17. The Bertz CT molecular complexity index is 3540. The van der Waals surface area contributed by atoms with Gasteiger partial charge in [-0.1, -0.05) is 152 Å². The third-order valence-electron chi connectivity index (χ3n) is 14.1. The first-order chi connectivity index (χ1) is 29.3. The second kappa shape index (κ2) is 11.4. The van der Waals surface area contributed by atoms with Crippen LogP contribution in [0.4, 0.5) is 0 Å². The second-order valence-corrected chi connectivity index (χ2v) is 17.7. The molecule has 0 bridgehead atoms. The molecule has 10 aromatic rings. The molecule has 4 aliphatic carbocycles. The Kier molecular flexibility index (Phi) is 6.18. The lowest BCUT2D eigenvalue weighted by molar-refractivity contribution is 0.590. The minimum atomic E-state index is -0.516. The van der Waals surface area contributed by atoms with Gasteiger partial charge in [-0.15, -0.1) is 11.3 Å². The van der Waals surface area contributed by atoms with Crippen molar-refractivity contribution < 1.29 is 0 Å². The van der Waals surface area contributed by atoms with Gasteiger partial charge < -0.3 is 0 Å². The van der Waals surface area contributed by atoms with Gasteiger partial charge in [0.1, 0.15) is 0 Å². The van der Waals surface area contributed by atoms with Crippen molar-refractivity contribution in [1.29, 1.82) is 0 Å². The minimum absolute atomic E-state index is 0.436. The molecule has 0 radical (unpaired) electrons. The van der Waals surface area contributed by atoms with Crippen LogP contribution in [0.5, 0.6) is 0 Å². The van der Waals surface area contributed by atoms with Crippen molar-refractivity contribution in [3.63, 3.8) is 0 Å². The molecule has 2 nitrogen and oxygen atoms in total. The number of rotatable bonds is 1. The first-order valence-electron chi connectivity index (χ1n) is 20.7. The fraction of sp³-hybridized carbons (Fsp3) is 0.0714. The Morgan fingerprint density at radius 1 is 0.475 bits per heavy atom. The summed E-state index contributed by atoms with van der Waals surface area (Å²) in [6.07, 6.45) is 8.81. The van der Waals surface area contributed by atoms with E-state index in [1.807, 2.05) is 23.6 Å². The highest BCUT2D eigenvalue weighted by Gasteiger charge is 2.60. The summed E-state index contributed by atoms with van der Waals surface area (Å²) in [5.41, 5.74) is 19.6. The summed E-state index contributed by atoms with van der Waals surface area (Å²) in [6.45, 7) is 0. The third-order valence-corrected chi connectivity index (χ3v) is 15.2. The lowest BCUT2D eigenvalue weighted by atomic mass is 9.51. The van der Waals surface area contributed by atoms with Crippen molar-refractivity contribution in [2.24, 2.45) is 0 Å². The standard InChI is InChI=1S/C56H34N2S/c1-4-18-39-35(14-1)36-15-2-5-19-40(36)55(39)41-20-6-8-22-43(41)56(44-23-9-7-21-42(44)55)45-24-11-17-37(47-30-28-34-27-26-33-13-12-32-57-53(33)54(34)58-47)50(45)52-46(56)29-31-49-51(52)38-16-3-10-25-48(38)59-49/h1-8,10-22,24-32H,9,23H2. The lowest BCUT2D eigenvalue weighted by Gasteiger charge is -2.50. The van der Waals surface area contributed by atoms with Gasteiger partial charge in [-0.05, 0) is 104 Å². The molecule has 0 aliphatic heterocycles. The van der Waals surface area contributed by atoms with Gasteiger partial charge in [-0.25, -0.2) is 4.98 Å². The van der Waals surface area contributed by atoms with E-state index in [2.05, 4.69) is 170 Å². The normalized spacial score (nSPS) is 17.8. The first kappa shape index (κ1) is 32.1. The van der Waals surface area contributed by atoms with Gasteiger partial charge >= 0.3 is 0 Å². The SMILES string of the molecule is C1=CC2=C(CC1)C1(c3ccccc3C23c2ccccc2-c2ccccc23)c2cccc(-c3ccc4ccc5cccnc5c4n3)c2-c2c1ccc1sc3ccccc3c21. The zero-order valence-electron chi connectivity index (χ0n) is 32.0. The molecule has 274 valence electrons. The molecule has 0 saturated carbocycles. The van der Waals surface area contributed by atoms with Crippen molar-refractivity contribution >= 4 is 53.3 Å². The van der Waals surface area contributed by atoms with Gasteiger partial charge in [-0.2, -0.15) is 0 Å². The van der Waals surface area contributed by atoms with Crippen molar-refractivity contribution in [1.82, 2.24) is 9.97 Å². The lowest BCUT2D eigenvalue weighted by Crippen LogP contribution is -2.44. The molecule has 0 saturated heterocycles. The molecule has 0 fully saturated rings. The summed E-state index contributed by atoms with van der Waals surface area (Å²) >= 11 is 1.90. The summed E-state index contributed by atoms with van der Waals surface area (Å²) in [4.78, 5) is 10.4. The van der Waals surface area contributed by atoms with E-state index in [0.29, 0.717) is 0 Å². The molecule has 59 heavy (non-hydrogen) atoms. The van der Waals surface area contributed by atoms with Crippen LogP contribution in [-0.4, -0.2) is 9.97 Å². The summed E-state index contributed by atoms with van der Waals surface area (Å²) in [5, 5.41) is 4.87. The van der Waals surface area contributed by atoms with Gasteiger partial charge in [0, 0.05) is 42.7 Å². The predicted octanol–water partition coefficient (Wildman–Crippen LogP) is 14.1. The molecule has 14 rings (SSSR count). The highest BCUT2D eigenvalue weighted by Crippen LogP contribution is 2.70. The zero-order valence-corrected chi connectivity index (χ0v) is 32.9. The zero-order chi connectivity index (χ0) is 38.5. The van der Waals surface area contributed by atoms with Crippen LogP contribution in [0.25, 0.3) is 75.5 Å². The predicted molar refractivity (Wildman–Crippen MR) is 244 cm³/mol. The Morgan fingerprint density at radius 3 is 1.97 bits per heavy atom. The third kappa shape index (κ3) is 3.79. The number of allylic oxidation sites excluding steroid dienone is 4. The summed E-state index contributed by atoms with van der Waals surface area (Å²) in [5.74, 6) is 0. The van der Waals surface area contributed by atoms with Crippen molar-refractivity contribution in [3.8, 4) is 33.5 Å². The Labute approximate surface area is 345 Å². The van der Waals surface area contributed by atoms with E-state index < -0.39 is 10.8 Å². The highest BCUT2D eigenvalue weighted by molar-refractivity contribution is 7.26. The van der Waals surface area contributed by atoms with Crippen LogP contribution in [0.15, 0.2) is 193 Å². The molecule has 2 spiro atoms. The molecule has 4 aliphatic rings. The monoisotopic (exact) mass is 766 g/mol. The maximum atomic E-state index is 5.54. The smallest absolute Gasteiger partial charge is 0.0972 e. The topological polar surface area (TPSA) is 25.8 Å². The van der Waals surface area contributed by atoms with Crippen molar-refractivity contribution in [2.75, 3.05) is 0 Å². The summed E-state index contributed by atoms with van der Waals surface area (Å²) < 4.78 is 2.64. The average Bonchev–Trinajstić information content (AvgIpc) is 3.93. The number of thiophene rings is 1. The largest absolute Gasteiger partial charge is 0.254 e. The van der Waals surface area contributed by atoms with E-state index in [4.69, 9.17) is 9.97 Å². The molecule has 1 unspecified atom stereocenters. The number of hydrogen-bond donors (Lipinski definition) is 0. The average molecular weight is 767 g/mol. The molecule has 0 N–H and O–H groups in total. The fourth-order valence-corrected chi connectivity index (χ4v) is 13.1. The van der Waals surface area contributed by atoms with Gasteiger partial charge in [0.25, 0.3) is 0 Å². The quantitative estimate of drug-likeness (QED) is 0.156. The molecular formula is C56H34N2S. The number of pyridine rings is 2. The second-order valence-electron chi connectivity index (χ2n) is 16.6. The number of fused-ring (bicyclic) bond motifs is 22. The fourth-order valence-electron chi connectivity index (χ4n) is 12.0. The van der Waals surface area contributed by atoms with Gasteiger partial charge in [0.2, 0.25) is 0 Å². The molecule has 3 heterocycles. The first-order valence-corrected chi connectivity index (χ1v) is 21.5. The molecule has 3 heteroatoms. The summed E-state index contributed by atoms with van der Waals surface area (Å²) in [6, 6.07) is 61.8. The van der Waals surface area contributed by atoms with E-state index >= 15 is 0 Å². The van der Waals surface area contributed by atoms with Crippen molar-refractivity contribution in [2.45, 2.75) is 23.7 Å². The van der Waals surface area contributed by atoms with Gasteiger partial charge in [0.15, 0.2) is 0 Å². The van der Waals surface area contributed by atoms with Gasteiger partial charge in [0.05, 0.1) is 27.6 Å². The van der Waals surface area contributed by atoms with E-state index in [0.717, 1.165) is 40.3 Å². The molecule has 7 aromatic carbocycles. The van der Waals surface area contributed by atoms with E-state index in [-0.39, 0.29) is 0 Å². The molecule has 3 aromatic heterocycles. The van der Waals surface area contributed by atoms with Gasteiger partial charge in [-0.3, -0.25) is 4.98 Å². The Morgan fingerprint density at radius 2 is 1.14 bits per heavy atom. The Hall–Kier alpha value is -6.94. The van der Waals surface area contributed by atoms with Crippen LogP contribution >= 0.6 is 11.3 Å². The number of aromatic nitrogens is 2. The van der Waals surface area contributed by atoms with E-state index in [1.165, 1.54) is 92.5 Å². The van der Waals surface area contributed by atoms with E-state index in [1.54, 1.807) is 0 Å². The maximum absolute atomic E-state index is 5.54. The van der Waals surface area contributed by atoms with Crippen LogP contribution in [0.1, 0.15) is 46.2 Å². The number of nitrogens with zero attached hydrogens (tertiary/aromatic N) is 2. The number of hydrogen-bond acceptors (Lipinski definition) is 3. The van der Waals surface area contributed by atoms with Crippen LogP contribution in [0.3, 0.4) is 0 Å². The van der Waals surface area contributed by atoms with Crippen molar-refractivity contribution in [3.05, 3.63) is 227 Å². The molecule has 1 atom stereocenters. The van der Waals surface area contributed by atoms with Crippen LogP contribution in [0.2, 0.25) is 0 Å². The molecular weight excluding hydrogens is 733 g/mol. The van der Waals surface area contributed by atoms with Crippen LogP contribution in [0, 0.1) is 0 Å². The summed E-state index contributed by atoms with van der Waals surface area (Å²) in [7, 11) is 0.